The van der Waals surface area contributed by atoms with Gasteiger partial charge in [0.2, 0.25) is 5.91 Å². The summed E-state index contributed by atoms with van der Waals surface area (Å²) < 4.78 is 8.87. The van der Waals surface area contributed by atoms with E-state index in [1.54, 1.807) is 18.2 Å². The minimum absolute atomic E-state index is 0.155. The van der Waals surface area contributed by atoms with Crippen LogP contribution in [0.4, 0.5) is 5.13 Å². The number of ether oxygens (including phenoxy) is 1. The second-order valence-corrected chi connectivity index (χ2v) is 10.4. The lowest BCUT2D eigenvalue weighted by Crippen LogP contribution is -2.15. The summed E-state index contributed by atoms with van der Waals surface area (Å²) in [6.07, 6.45) is 1.34. The van der Waals surface area contributed by atoms with Gasteiger partial charge in [-0.1, -0.05) is 69.6 Å². The lowest BCUT2D eigenvalue weighted by molar-refractivity contribution is -0.113. The minimum Gasteiger partial charge on any atom is -0.481 e. The average Bonchev–Trinajstić information content (AvgIpc) is 3.47. The molecule has 1 N–H and O–H groups in total. The zero-order chi connectivity index (χ0) is 24.8. The third-order valence-electron chi connectivity index (χ3n) is 4.78. The lowest BCUT2D eigenvalue weighted by Gasteiger charge is -2.16. The van der Waals surface area contributed by atoms with Crippen LogP contribution in [0.2, 0.25) is 5.02 Å². The maximum atomic E-state index is 12.6. The van der Waals surface area contributed by atoms with Crippen LogP contribution in [0.1, 0.15) is 18.9 Å². The molecule has 1 atom stereocenters. The van der Waals surface area contributed by atoms with Crippen LogP contribution in [0.25, 0.3) is 11.3 Å². The van der Waals surface area contributed by atoms with Crippen molar-refractivity contribution < 1.29 is 9.53 Å². The van der Waals surface area contributed by atoms with E-state index in [1.165, 1.54) is 23.1 Å². The van der Waals surface area contributed by atoms with Gasteiger partial charge in [0.1, 0.15) is 5.75 Å². The number of anilines is 1. The Morgan fingerprint density at radius 2 is 2.06 bits per heavy atom. The van der Waals surface area contributed by atoms with Crippen molar-refractivity contribution in [1.82, 2.24) is 19.7 Å². The molecule has 11 heteroatoms. The van der Waals surface area contributed by atoms with E-state index in [2.05, 4.69) is 43.0 Å². The second-order valence-electron chi connectivity index (χ2n) is 7.31. The maximum Gasteiger partial charge on any atom is 0.236 e. The lowest BCUT2D eigenvalue weighted by atomic mass is 10.2. The Morgan fingerprint density at radius 3 is 2.80 bits per heavy atom. The number of hydrogen-bond donors (Lipinski definition) is 1. The minimum atomic E-state index is -0.405. The molecule has 0 saturated carbocycles. The molecule has 35 heavy (non-hydrogen) atoms. The van der Waals surface area contributed by atoms with Gasteiger partial charge in [0.15, 0.2) is 22.2 Å². The molecule has 2 heterocycles. The fourth-order valence-electron chi connectivity index (χ4n) is 3.16. The molecule has 0 radical (unpaired) electrons. The molecule has 2 aromatic carbocycles. The first-order valence-electron chi connectivity index (χ1n) is 10.5. The van der Waals surface area contributed by atoms with Crippen molar-refractivity contribution in [2.75, 3.05) is 11.1 Å². The zero-order valence-corrected chi connectivity index (χ0v) is 22.6. The molecular formula is C24H21BrClN5O2S2. The summed E-state index contributed by atoms with van der Waals surface area (Å²) in [7, 11) is 0. The van der Waals surface area contributed by atoms with Crippen molar-refractivity contribution in [3.8, 4) is 17.0 Å². The fraction of sp³-hybridized carbons (Fsp3) is 0.167. The monoisotopic (exact) mass is 589 g/mol. The van der Waals surface area contributed by atoms with Crippen molar-refractivity contribution in [3.63, 3.8) is 0 Å². The summed E-state index contributed by atoms with van der Waals surface area (Å²) in [6, 6.07) is 15.1. The standard InChI is InChI=1S/C24H21BrClN5O2S2/c1-3-12-31-22(15(2)33-20-7-5-4-6-18(20)26)29-30-24(31)35-14-21(32)28-23-27-19(13-34-23)16-8-10-17(25)11-9-16/h3-11,13,15H,1,12,14H2,2H3,(H,27,28,32). The summed E-state index contributed by atoms with van der Waals surface area (Å²) in [4.78, 5) is 17.1. The number of aromatic nitrogens is 4. The van der Waals surface area contributed by atoms with Gasteiger partial charge in [-0.05, 0) is 31.2 Å². The van der Waals surface area contributed by atoms with Gasteiger partial charge < -0.3 is 10.1 Å². The molecule has 4 rings (SSSR count). The number of carbonyl (C=O) groups excluding carboxylic acids is 1. The molecule has 4 aromatic rings. The quantitative estimate of drug-likeness (QED) is 0.160. The van der Waals surface area contributed by atoms with Gasteiger partial charge in [-0.2, -0.15) is 0 Å². The number of benzene rings is 2. The van der Waals surface area contributed by atoms with E-state index in [4.69, 9.17) is 16.3 Å². The van der Waals surface area contributed by atoms with Gasteiger partial charge in [-0.25, -0.2) is 4.98 Å². The van der Waals surface area contributed by atoms with E-state index < -0.39 is 6.10 Å². The molecule has 7 nitrogen and oxygen atoms in total. The van der Waals surface area contributed by atoms with E-state index in [0.29, 0.717) is 33.4 Å². The topological polar surface area (TPSA) is 81.9 Å². The third kappa shape index (κ3) is 6.52. The molecule has 0 aliphatic rings. The molecule has 0 fully saturated rings. The maximum absolute atomic E-state index is 12.6. The highest BCUT2D eigenvalue weighted by Gasteiger charge is 2.20. The predicted octanol–water partition coefficient (Wildman–Crippen LogP) is 6.87. The van der Waals surface area contributed by atoms with Crippen LogP contribution < -0.4 is 10.1 Å². The predicted molar refractivity (Wildman–Crippen MR) is 145 cm³/mol. The Labute approximate surface area is 224 Å². The molecular weight excluding hydrogens is 570 g/mol. The van der Waals surface area contributed by atoms with Crippen LogP contribution in [0.15, 0.2) is 76.2 Å². The van der Waals surface area contributed by atoms with E-state index in [-0.39, 0.29) is 11.7 Å². The second kappa shape index (κ2) is 11.9. The van der Waals surface area contributed by atoms with Crippen molar-refractivity contribution in [2.45, 2.75) is 24.7 Å². The number of allylic oxidation sites excluding steroid dienone is 1. The van der Waals surface area contributed by atoms with Gasteiger partial charge in [-0.3, -0.25) is 9.36 Å². The summed E-state index contributed by atoms with van der Waals surface area (Å²) in [6.45, 7) is 6.17. The van der Waals surface area contributed by atoms with Gasteiger partial charge >= 0.3 is 0 Å². The number of nitrogens with one attached hydrogen (secondary N) is 1. The number of carbonyl (C=O) groups is 1. The molecule has 0 bridgehead atoms. The molecule has 0 aliphatic heterocycles. The summed E-state index contributed by atoms with van der Waals surface area (Å²) in [5, 5.41) is 15.0. The van der Waals surface area contributed by atoms with Crippen LogP contribution in [0, 0.1) is 0 Å². The third-order valence-corrected chi connectivity index (χ3v) is 7.35. The molecule has 0 aliphatic carbocycles. The Morgan fingerprint density at radius 1 is 1.29 bits per heavy atom. The van der Waals surface area contributed by atoms with Gasteiger partial charge in [0, 0.05) is 22.0 Å². The Bertz CT molecular complexity index is 1330. The number of hydrogen-bond acceptors (Lipinski definition) is 7. The van der Waals surface area contributed by atoms with Crippen molar-refractivity contribution in [3.05, 3.63) is 81.9 Å². The molecule has 0 spiro atoms. The van der Waals surface area contributed by atoms with Crippen LogP contribution in [-0.4, -0.2) is 31.4 Å². The van der Waals surface area contributed by atoms with Crippen molar-refractivity contribution in [2.24, 2.45) is 0 Å². The number of nitrogens with zero attached hydrogens (tertiary/aromatic N) is 4. The van der Waals surface area contributed by atoms with Crippen LogP contribution in [-0.2, 0) is 11.3 Å². The Hall–Kier alpha value is -2.66. The fourth-order valence-corrected chi connectivity index (χ4v) is 5.10. The highest BCUT2D eigenvalue weighted by molar-refractivity contribution is 9.10. The Kier molecular flexibility index (Phi) is 8.61. The highest BCUT2D eigenvalue weighted by atomic mass is 79.9. The van der Waals surface area contributed by atoms with Crippen molar-refractivity contribution >= 4 is 61.7 Å². The molecule has 1 amide bonds. The number of para-hydroxylation sites is 1. The van der Waals surface area contributed by atoms with Crippen LogP contribution >= 0.6 is 50.6 Å². The summed E-state index contributed by atoms with van der Waals surface area (Å²) >= 11 is 12.3. The molecule has 2 aromatic heterocycles. The highest BCUT2D eigenvalue weighted by Crippen LogP contribution is 2.30. The van der Waals surface area contributed by atoms with Crippen LogP contribution in [0.3, 0.4) is 0 Å². The number of thiazole rings is 1. The van der Waals surface area contributed by atoms with E-state index in [1.807, 2.05) is 53.3 Å². The average molecular weight is 591 g/mol. The summed E-state index contributed by atoms with van der Waals surface area (Å²) in [5.74, 6) is 1.16. The van der Waals surface area contributed by atoms with E-state index in [9.17, 15) is 4.79 Å². The van der Waals surface area contributed by atoms with Crippen LogP contribution in [0.5, 0.6) is 5.75 Å². The molecule has 1 unspecified atom stereocenters. The number of amides is 1. The van der Waals surface area contributed by atoms with Crippen molar-refractivity contribution in [1.29, 1.82) is 0 Å². The van der Waals surface area contributed by atoms with Gasteiger partial charge in [0.25, 0.3) is 0 Å². The first kappa shape index (κ1) is 25.4. The van der Waals surface area contributed by atoms with Gasteiger partial charge in [-0.15, -0.1) is 28.1 Å². The molecule has 0 saturated heterocycles. The number of thioether (sulfide) groups is 1. The zero-order valence-electron chi connectivity index (χ0n) is 18.6. The largest absolute Gasteiger partial charge is 0.481 e. The number of halogens is 2. The molecule has 180 valence electrons. The first-order chi connectivity index (χ1) is 16.9. The number of rotatable bonds is 10. The smallest absolute Gasteiger partial charge is 0.236 e. The SMILES string of the molecule is C=CCn1c(SCC(=O)Nc2nc(-c3ccc(Br)cc3)cs2)nnc1C(C)Oc1ccccc1Cl. The van der Waals surface area contributed by atoms with Gasteiger partial charge in [0.05, 0.1) is 16.5 Å². The van der Waals surface area contributed by atoms with E-state index >= 15 is 0 Å². The summed E-state index contributed by atoms with van der Waals surface area (Å²) in [5.41, 5.74) is 1.80. The first-order valence-corrected chi connectivity index (χ1v) is 13.6. The normalized spacial score (nSPS) is 11.7. The Balaban J connectivity index is 1.39. The van der Waals surface area contributed by atoms with E-state index in [0.717, 1.165) is 15.7 Å².